The zero-order valence-corrected chi connectivity index (χ0v) is 12.6. The van der Waals surface area contributed by atoms with Crippen molar-refractivity contribution in [2.24, 2.45) is 11.8 Å². The molecule has 0 aliphatic heterocycles. The molecule has 0 aromatic heterocycles. The van der Waals surface area contributed by atoms with Crippen LogP contribution >= 0.6 is 0 Å². The van der Waals surface area contributed by atoms with Gasteiger partial charge in [-0.2, -0.15) is 0 Å². The second kappa shape index (κ2) is 12.7. The van der Waals surface area contributed by atoms with Gasteiger partial charge in [-0.3, -0.25) is 0 Å². The fourth-order valence-corrected chi connectivity index (χ4v) is 1.35. The summed E-state index contributed by atoms with van der Waals surface area (Å²) >= 11 is 0. The fourth-order valence-electron chi connectivity index (χ4n) is 1.35. The molecule has 0 aromatic rings. The predicted molar refractivity (Wildman–Crippen MR) is 83.5 cm³/mol. The second-order valence-corrected chi connectivity index (χ2v) is 4.15. The third-order valence-electron chi connectivity index (χ3n) is 2.42. The zero-order valence-electron chi connectivity index (χ0n) is 12.6. The smallest absolute Gasteiger partial charge is 0.0783 e. The predicted octanol–water partition coefficient (Wildman–Crippen LogP) is 4.08. The molecule has 0 aliphatic rings. The van der Waals surface area contributed by atoms with Crippen LogP contribution in [0.25, 0.3) is 0 Å². The van der Waals surface area contributed by atoms with E-state index >= 15 is 0 Å². The summed E-state index contributed by atoms with van der Waals surface area (Å²) in [7, 11) is 0. The third-order valence-corrected chi connectivity index (χ3v) is 2.42. The minimum atomic E-state index is 0.147. The lowest BCUT2D eigenvalue weighted by molar-refractivity contribution is 0.671. The van der Waals surface area contributed by atoms with Gasteiger partial charge in [-0.25, -0.2) is 0 Å². The maximum atomic E-state index is 3.16. The molecular formula is C19H23. The fraction of sp³-hybridized carbons (Fsp3) is 0.526. The number of hydrogen-bond donors (Lipinski definition) is 0. The first-order valence-electron chi connectivity index (χ1n) is 6.93. The van der Waals surface area contributed by atoms with Crippen molar-refractivity contribution in [3.63, 3.8) is 0 Å². The van der Waals surface area contributed by atoms with Crippen LogP contribution in [0, 0.1) is 65.6 Å². The van der Waals surface area contributed by atoms with Crippen molar-refractivity contribution in [2.75, 3.05) is 0 Å². The molecule has 0 heteroatoms. The quantitative estimate of drug-likeness (QED) is 0.524. The Kier molecular flexibility index (Phi) is 11.5. The van der Waals surface area contributed by atoms with Crippen LogP contribution < -0.4 is 0 Å². The van der Waals surface area contributed by atoms with Crippen molar-refractivity contribution in [2.45, 2.75) is 53.4 Å². The van der Waals surface area contributed by atoms with Gasteiger partial charge in [0, 0.05) is 31.6 Å². The molecule has 0 spiro atoms. The van der Waals surface area contributed by atoms with Gasteiger partial charge in [0.1, 0.15) is 0 Å². The summed E-state index contributed by atoms with van der Waals surface area (Å²) in [6.07, 6.45) is 5.44. The van der Waals surface area contributed by atoms with E-state index in [-0.39, 0.29) is 5.92 Å². The van der Waals surface area contributed by atoms with E-state index in [1.54, 1.807) is 0 Å². The Labute approximate surface area is 119 Å². The van der Waals surface area contributed by atoms with Gasteiger partial charge < -0.3 is 0 Å². The average Bonchev–Trinajstić information content (AvgIpc) is 2.42. The molecule has 0 fully saturated rings. The highest BCUT2D eigenvalue weighted by Crippen LogP contribution is 2.04. The van der Waals surface area contributed by atoms with Crippen molar-refractivity contribution in [3.8, 4) is 47.4 Å². The number of rotatable bonds is 3. The second-order valence-electron chi connectivity index (χ2n) is 4.15. The molecule has 0 saturated carbocycles. The summed E-state index contributed by atoms with van der Waals surface area (Å²) in [5.74, 6) is 25.1. The van der Waals surface area contributed by atoms with Crippen molar-refractivity contribution < 1.29 is 0 Å². The highest BCUT2D eigenvalue weighted by Gasteiger charge is 1.97. The van der Waals surface area contributed by atoms with Gasteiger partial charge in [0.05, 0.1) is 5.92 Å². The lowest BCUT2D eigenvalue weighted by Gasteiger charge is -1.99. The lowest BCUT2D eigenvalue weighted by atomic mass is 10.0. The number of hydrogen-bond acceptors (Lipinski definition) is 0. The van der Waals surface area contributed by atoms with Crippen LogP contribution in [0.3, 0.4) is 0 Å². The molecule has 0 aliphatic carbocycles. The standard InChI is InChI=1S/C19H23/c1-5-8-15-18(4)16-12-10-9-11-13-17-19(7-3)14-6-2/h10,18-19H,5,7,9,17H2,1-4H3. The molecule has 0 rings (SSSR count). The van der Waals surface area contributed by atoms with E-state index in [0.717, 1.165) is 25.7 Å². The minimum absolute atomic E-state index is 0.147. The highest BCUT2D eigenvalue weighted by atomic mass is 14.0. The Bertz CT molecular complexity index is 465. The van der Waals surface area contributed by atoms with Crippen molar-refractivity contribution in [3.05, 3.63) is 6.42 Å². The van der Waals surface area contributed by atoms with E-state index in [1.165, 1.54) is 0 Å². The molecule has 0 heterocycles. The SMILES string of the molecule is CC#CC(CC)CC#CC[CH]C#CC(C)C#CCC. The maximum Gasteiger partial charge on any atom is 0.0783 e. The Morgan fingerprint density at radius 2 is 1.79 bits per heavy atom. The maximum absolute atomic E-state index is 3.16. The molecule has 1 radical (unpaired) electrons. The Balaban J connectivity index is 3.92. The Hall–Kier alpha value is -1.76. The van der Waals surface area contributed by atoms with Crippen LogP contribution in [0.1, 0.15) is 53.4 Å². The largest absolute Gasteiger partial charge is 0.106 e. The van der Waals surface area contributed by atoms with E-state index in [0.29, 0.717) is 5.92 Å². The summed E-state index contributed by atoms with van der Waals surface area (Å²) in [5, 5.41) is 0. The van der Waals surface area contributed by atoms with E-state index in [2.05, 4.69) is 54.3 Å². The molecule has 2 atom stereocenters. The topological polar surface area (TPSA) is 0 Å². The lowest BCUT2D eigenvalue weighted by Crippen LogP contribution is -1.92. The summed E-state index contributed by atoms with van der Waals surface area (Å²) in [6, 6.07) is 0. The molecule has 0 nitrogen and oxygen atoms in total. The first kappa shape index (κ1) is 17.2. The normalized spacial score (nSPS) is 11.2. The van der Waals surface area contributed by atoms with E-state index < -0.39 is 0 Å². The van der Waals surface area contributed by atoms with Gasteiger partial charge >= 0.3 is 0 Å². The van der Waals surface area contributed by atoms with Crippen molar-refractivity contribution in [1.29, 1.82) is 0 Å². The average molecular weight is 251 g/mol. The summed E-state index contributed by atoms with van der Waals surface area (Å²) in [5.41, 5.74) is 0. The van der Waals surface area contributed by atoms with Crippen LogP contribution in [0.5, 0.6) is 0 Å². The van der Waals surface area contributed by atoms with Crippen LogP contribution in [0.2, 0.25) is 0 Å². The first-order valence-corrected chi connectivity index (χ1v) is 6.93. The van der Waals surface area contributed by atoms with Gasteiger partial charge in [0.25, 0.3) is 0 Å². The first-order chi connectivity index (χ1) is 9.24. The summed E-state index contributed by atoms with van der Waals surface area (Å²) in [4.78, 5) is 0. The molecule has 0 bridgehead atoms. The van der Waals surface area contributed by atoms with Gasteiger partial charge in [-0.05, 0) is 20.3 Å². The van der Waals surface area contributed by atoms with E-state index in [9.17, 15) is 0 Å². The molecule has 0 saturated heterocycles. The molecule has 2 unspecified atom stereocenters. The van der Waals surface area contributed by atoms with Crippen molar-refractivity contribution >= 4 is 0 Å². The monoisotopic (exact) mass is 251 g/mol. The van der Waals surface area contributed by atoms with Gasteiger partial charge in [-0.15, -0.1) is 23.7 Å². The molecule has 0 N–H and O–H groups in total. The Morgan fingerprint density at radius 3 is 2.42 bits per heavy atom. The van der Waals surface area contributed by atoms with Crippen LogP contribution in [-0.2, 0) is 0 Å². The summed E-state index contributed by atoms with van der Waals surface area (Å²) < 4.78 is 0. The Morgan fingerprint density at radius 1 is 1.00 bits per heavy atom. The van der Waals surface area contributed by atoms with Gasteiger partial charge in [-0.1, -0.05) is 37.5 Å². The highest BCUT2D eigenvalue weighted by molar-refractivity contribution is 5.22. The van der Waals surface area contributed by atoms with Crippen LogP contribution in [0.4, 0.5) is 0 Å². The molecule has 0 aromatic carbocycles. The summed E-state index contributed by atoms with van der Waals surface area (Å²) in [6.45, 7) is 8.08. The number of unbranched alkanes of at least 4 members (excludes halogenated alkanes) is 1. The van der Waals surface area contributed by atoms with E-state index in [1.807, 2.05) is 27.2 Å². The molecule has 19 heavy (non-hydrogen) atoms. The van der Waals surface area contributed by atoms with Gasteiger partial charge in [0.15, 0.2) is 0 Å². The van der Waals surface area contributed by atoms with Crippen LogP contribution in [-0.4, -0.2) is 0 Å². The van der Waals surface area contributed by atoms with E-state index in [4.69, 9.17) is 0 Å². The molecule has 0 amide bonds. The third kappa shape index (κ3) is 11.1. The minimum Gasteiger partial charge on any atom is -0.106 e. The van der Waals surface area contributed by atoms with Gasteiger partial charge in [0.2, 0.25) is 0 Å². The molecule has 99 valence electrons. The van der Waals surface area contributed by atoms with Crippen molar-refractivity contribution in [1.82, 2.24) is 0 Å². The zero-order chi connectivity index (χ0) is 14.3. The van der Waals surface area contributed by atoms with Crippen LogP contribution in [0.15, 0.2) is 0 Å². The molecular weight excluding hydrogens is 228 g/mol.